The molecule has 2 aliphatic heterocycles. The lowest BCUT2D eigenvalue weighted by molar-refractivity contribution is 0.00857. The van der Waals surface area contributed by atoms with E-state index >= 15 is 0 Å². The highest BCUT2D eigenvalue weighted by molar-refractivity contribution is 7.19. The lowest BCUT2D eigenvalue weighted by atomic mass is 9.91. The van der Waals surface area contributed by atoms with Gasteiger partial charge < -0.3 is 19.6 Å². The summed E-state index contributed by atoms with van der Waals surface area (Å²) in [5.41, 5.74) is 5.12. The number of pyridine rings is 1. The Morgan fingerprint density at radius 3 is 2.84 bits per heavy atom. The topological polar surface area (TPSA) is 65.9 Å². The van der Waals surface area contributed by atoms with Crippen LogP contribution in [0.15, 0.2) is 30.5 Å². The van der Waals surface area contributed by atoms with Crippen molar-refractivity contribution >= 4 is 44.9 Å². The number of likely N-dealkylation sites (tertiary alicyclic amines) is 1. The number of hydrogen-bond acceptors (Lipinski definition) is 6. The number of aliphatic hydroxyl groups is 1. The molecule has 0 unspecified atom stereocenters. The van der Waals surface area contributed by atoms with Crippen LogP contribution in [-0.2, 0) is 17.8 Å². The first-order valence-corrected chi connectivity index (χ1v) is 15.0. The van der Waals surface area contributed by atoms with E-state index in [1.807, 2.05) is 37.9 Å². The van der Waals surface area contributed by atoms with Crippen molar-refractivity contribution in [2.75, 3.05) is 18.0 Å². The largest absolute Gasteiger partial charge is 0.444 e. The molecule has 1 spiro atoms. The Balaban J connectivity index is 1.37. The van der Waals surface area contributed by atoms with Crippen LogP contribution in [0.5, 0.6) is 0 Å². The van der Waals surface area contributed by atoms with Gasteiger partial charge in [-0.2, -0.15) is 0 Å². The molecule has 3 aromatic rings. The molecule has 1 N–H and O–H groups in total. The number of anilines is 1. The van der Waals surface area contributed by atoms with Crippen LogP contribution in [-0.4, -0.2) is 51.4 Å². The molecule has 202 valence electrons. The van der Waals surface area contributed by atoms with E-state index in [-0.39, 0.29) is 18.2 Å². The molecule has 1 saturated heterocycles. The van der Waals surface area contributed by atoms with Gasteiger partial charge in [-0.3, -0.25) is 4.98 Å². The van der Waals surface area contributed by atoms with E-state index in [4.69, 9.17) is 16.3 Å². The maximum absolute atomic E-state index is 13.2. The van der Waals surface area contributed by atoms with Crippen LogP contribution >= 0.6 is 22.9 Å². The first-order chi connectivity index (χ1) is 18.2. The van der Waals surface area contributed by atoms with E-state index in [0.29, 0.717) is 6.04 Å². The molecule has 4 heterocycles. The number of nitrogens with zero attached hydrogens (tertiary/aromatic N) is 3. The number of halogens is 1. The summed E-state index contributed by atoms with van der Waals surface area (Å²) >= 11 is 8.30. The number of carbonyl (C=O) groups is 1. The van der Waals surface area contributed by atoms with Crippen LogP contribution in [0.3, 0.4) is 0 Å². The second-order valence-corrected chi connectivity index (χ2v) is 13.6. The molecule has 38 heavy (non-hydrogen) atoms. The maximum Gasteiger partial charge on any atom is 0.410 e. The van der Waals surface area contributed by atoms with Crippen LogP contribution in [0.1, 0.15) is 69.7 Å². The normalized spacial score (nSPS) is 23.4. The lowest BCUT2D eigenvalue weighted by Crippen LogP contribution is -2.49. The molecule has 2 fully saturated rings. The van der Waals surface area contributed by atoms with Gasteiger partial charge in [0.05, 0.1) is 16.8 Å². The zero-order valence-corrected chi connectivity index (χ0v) is 24.0. The molecule has 0 radical (unpaired) electrons. The molecule has 2 aromatic heterocycles. The molecule has 6 rings (SSSR count). The van der Waals surface area contributed by atoms with Crippen LogP contribution in [0.4, 0.5) is 10.5 Å². The van der Waals surface area contributed by atoms with E-state index in [9.17, 15) is 9.90 Å². The number of hydrogen-bond donors (Lipinski definition) is 1. The monoisotopic (exact) mass is 553 g/mol. The Labute approximate surface area is 233 Å². The fraction of sp³-hybridized carbons (Fsp3) is 0.533. The van der Waals surface area contributed by atoms with E-state index in [1.54, 1.807) is 11.3 Å². The highest BCUT2D eigenvalue weighted by Gasteiger charge is 2.51. The van der Waals surface area contributed by atoms with Crippen molar-refractivity contribution in [3.05, 3.63) is 45.9 Å². The van der Waals surface area contributed by atoms with Gasteiger partial charge in [-0.25, -0.2) is 4.79 Å². The van der Waals surface area contributed by atoms with Crippen molar-refractivity contribution in [2.24, 2.45) is 0 Å². The van der Waals surface area contributed by atoms with Gasteiger partial charge in [0.1, 0.15) is 5.60 Å². The highest BCUT2D eigenvalue weighted by Crippen LogP contribution is 2.50. The number of aromatic nitrogens is 1. The van der Waals surface area contributed by atoms with E-state index in [1.165, 1.54) is 11.3 Å². The predicted octanol–water partition coefficient (Wildman–Crippen LogP) is 7.18. The Kier molecular flexibility index (Phi) is 6.60. The van der Waals surface area contributed by atoms with Crippen LogP contribution < -0.4 is 4.90 Å². The smallest absolute Gasteiger partial charge is 0.410 e. The quantitative estimate of drug-likeness (QED) is 0.372. The first-order valence-electron chi connectivity index (χ1n) is 13.8. The fourth-order valence-corrected chi connectivity index (χ4v) is 8.18. The molecule has 1 aromatic carbocycles. The van der Waals surface area contributed by atoms with Gasteiger partial charge in [-0.05, 0) is 95.5 Å². The number of fused-ring (bicyclic) bond motifs is 2. The fourth-order valence-electron chi connectivity index (χ4n) is 6.94. The molecule has 1 saturated carbocycles. The molecule has 1 amide bonds. The van der Waals surface area contributed by atoms with Gasteiger partial charge in [-0.1, -0.05) is 11.6 Å². The van der Waals surface area contributed by atoms with Crippen molar-refractivity contribution < 1.29 is 14.6 Å². The number of benzene rings is 1. The molecule has 8 heteroatoms. The van der Waals surface area contributed by atoms with E-state index in [2.05, 4.69) is 28.1 Å². The zero-order chi connectivity index (χ0) is 26.7. The van der Waals surface area contributed by atoms with Crippen LogP contribution in [0.25, 0.3) is 21.3 Å². The highest BCUT2D eigenvalue weighted by atomic mass is 35.5. The summed E-state index contributed by atoms with van der Waals surface area (Å²) < 4.78 is 6.91. The average Bonchev–Trinajstić information content (AvgIpc) is 3.60. The summed E-state index contributed by atoms with van der Waals surface area (Å²) in [5.74, 6) is 0. The van der Waals surface area contributed by atoms with Gasteiger partial charge in [0, 0.05) is 57.6 Å². The van der Waals surface area contributed by atoms with Crippen molar-refractivity contribution in [2.45, 2.75) is 89.5 Å². The van der Waals surface area contributed by atoms with Crippen molar-refractivity contribution in [1.82, 2.24) is 9.88 Å². The number of aryl methyl sites for hydroxylation is 1. The molecule has 6 nitrogen and oxygen atoms in total. The summed E-state index contributed by atoms with van der Waals surface area (Å²) in [6.07, 6.45) is 8.88. The molecular weight excluding hydrogens is 518 g/mol. The summed E-state index contributed by atoms with van der Waals surface area (Å²) in [5, 5.41) is 10.5. The van der Waals surface area contributed by atoms with E-state index in [0.717, 1.165) is 89.3 Å². The summed E-state index contributed by atoms with van der Waals surface area (Å²) in [4.78, 5) is 23.3. The molecule has 2 atom stereocenters. The minimum absolute atomic E-state index is 0.0125. The third-order valence-electron chi connectivity index (χ3n) is 8.40. The Hall–Kier alpha value is -2.35. The predicted molar refractivity (Wildman–Crippen MR) is 154 cm³/mol. The third-order valence-corrected chi connectivity index (χ3v) is 9.77. The van der Waals surface area contributed by atoms with Crippen molar-refractivity contribution in [1.29, 1.82) is 0 Å². The number of rotatable bonds is 3. The number of aliphatic hydroxyl groups excluding tert-OH is 1. The van der Waals surface area contributed by atoms with Gasteiger partial charge in [-0.15, -0.1) is 11.3 Å². The number of amides is 1. The minimum Gasteiger partial charge on any atom is -0.444 e. The van der Waals surface area contributed by atoms with Crippen LogP contribution in [0, 0.1) is 0 Å². The molecule has 1 aliphatic carbocycles. The van der Waals surface area contributed by atoms with E-state index < -0.39 is 5.60 Å². The third kappa shape index (κ3) is 4.56. The Morgan fingerprint density at radius 2 is 2.05 bits per heavy atom. The molecule has 0 bridgehead atoms. The second kappa shape index (κ2) is 9.68. The molecule has 3 aliphatic rings. The standard InChI is InChI=1S/C30H36ClN3O3S/c1-29(2,3)37-28(36)34-13-5-9-30(34)10-7-21(17-30)33-12-4-6-19-14-20(31)15-24(26(19)33)23-8-11-32-25-16-22(18-35)38-27(23)25/h8,11,14-16,21,35H,4-7,9-10,12-13,17-18H2,1-3H3/t21-,30-/m0/s1. The van der Waals surface area contributed by atoms with Crippen molar-refractivity contribution in [3.63, 3.8) is 0 Å². The van der Waals surface area contributed by atoms with Crippen molar-refractivity contribution in [3.8, 4) is 11.1 Å². The lowest BCUT2D eigenvalue weighted by Gasteiger charge is -2.40. The summed E-state index contributed by atoms with van der Waals surface area (Å²) in [6.45, 7) is 7.61. The Morgan fingerprint density at radius 1 is 1.21 bits per heavy atom. The summed E-state index contributed by atoms with van der Waals surface area (Å²) in [7, 11) is 0. The SMILES string of the molecule is CC(C)(C)OC(=O)N1CCC[C@@]12CC[C@H](N1CCCc3cc(Cl)cc(-c4ccnc5cc(CO)sc45)c31)C2. The minimum atomic E-state index is -0.494. The van der Waals surface area contributed by atoms with Crippen LogP contribution in [0.2, 0.25) is 5.02 Å². The maximum atomic E-state index is 13.2. The molecular formula is C30H36ClN3O3S. The zero-order valence-electron chi connectivity index (χ0n) is 22.4. The van der Waals surface area contributed by atoms with Gasteiger partial charge >= 0.3 is 6.09 Å². The van der Waals surface area contributed by atoms with Gasteiger partial charge in [0.25, 0.3) is 0 Å². The average molecular weight is 554 g/mol. The second-order valence-electron chi connectivity index (χ2n) is 12.1. The Bertz CT molecular complexity index is 1380. The summed E-state index contributed by atoms with van der Waals surface area (Å²) in [6, 6.07) is 8.64. The van der Waals surface area contributed by atoms with Gasteiger partial charge in [0.2, 0.25) is 0 Å². The van der Waals surface area contributed by atoms with Gasteiger partial charge in [0.15, 0.2) is 0 Å². The first kappa shape index (κ1) is 25.9. The number of ether oxygens (including phenoxy) is 1. The number of thiophene rings is 1. The number of carbonyl (C=O) groups excluding carboxylic acids is 1.